The number of benzene rings is 2. The number of hydrogen-bond donors (Lipinski definition) is 2. The van der Waals surface area contributed by atoms with Crippen molar-refractivity contribution in [2.75, 3.05) is 49.6 Å². The number of pyridine rings is 1. The van der Waals surface area contributed by atoms with Crippen LogP contribution in [0, 0.1) is 5.92 Å². The van der Waals surface area contributed by atoms with Crippen LogP contribution < -0.4 is 30.6 Å². The number of nitrogens with one attached hydrogen (secondary N) is 2. The van der Waals surface area contributed by atoms with Crippen LogP contribution >= 0.6 is 11.6 Å². The molecule has 2 aliphatic rings. The van der Waals surface area contributed by atoms with Crippen molar-refractivity contribution in [3.05, 3.63) is 75.7 Å². The van der Waals surface area contributed by atoms with Gasteiger partial charge >= 0.3 is 0 Å². The third-order valence-electron chi connectivity index (χ3n) is 8.95. The predicted molar refractivity (Wildman–Crippen MR) is 182 cm³/mol. The molecule has 0 saturated carbocycles. The number of piperidine rings is 2. The highest BCUT2D eigenvalue weighted by Crippen LogP contribution is 2.30. The largest absolute Gasteiger partial charge is 0.493 e. The average Bonchev–Trinajstić information content (AvgIpc) is 3.09. The van der Waals surface area contributed by atoms with Gasteiger partial charge in [-0.15, -0.1) is 0 Å². The number of nitrogens with zero attached hydrogens (tertiary/aromatic N) is 4. The van der Waals surface area contributed by atoms with Crippen molar-refractivity contribution in [2.45, 2.75) is 44.9 Å². The number of fused-ring (bicyclic) bond motifs is 1. The topological polar surface area (TPSA) is 111 Å². The minimum absolute atomic E-state index is 0.0723. The smallest absolute Gasteiger partial charge is 0.293 e. The van der Waals surface area contributed by atoms with Gasteiger partial charge in [-0.05, 0) is 86.7 Å². The van der Waals surface area contributed by atoms with Gasteiger partial charge in [0, 0.05) is 43.5 Å². The first kappa shape index (κ1) is 31.8. The molecule has 2 aromatic carbocycles. The molecule has 242 valence electrons. The summed E-state index contributed by atoms with van der Waals surface area (Å²) >= 11 is 6.54. The summed E-state index contributed by atoms with van der Waals surface area (Å²) in [5.41, 5.74) is 2.58. The molecule has 1 atom stereocenters. The van der Waals surface area contributed by atoms with Crippen LogP contribution in [0.2, 0.25) is 5.02 Å². The second kappa shape index (κ2) is 14.5. The van der Waals surface area contributed by atoms with Crippen molar-refractivity contribution in [1.82, 2.24) is 19.9 Å². The van der Waals surface area contributed by atoms with Crippen LogP contribution in [-0.4, -0.2) is 59.7 Å². The fourth-order valence-corrected chi connectivity index (χ4v) is 6.36. The van der Waals surface area contributed by atoms with Crippen LogP contribution in [0.25, 0.3) is 10.9 Å². The van der Waals surface area contributed by atoms with Gasteiger partial charge in [0.1, 0.15) is 17.4 Å². The summed E-state index contributed by atoms with van der Waals surface area (Å²) in [6, 6.07) is 15.9. The van der Waals surface area contributed by atoms with Gasteiger partial charge in [-0.25, -0.2) is 4.98 Å². The molecule has 10 nitrogen and oxygen atoms in total. The van der Waals surface area contributed by atoms with Crippen LogP contribution in [0.1, 0.15) is 50.5 Å². The van der Waals surface area contributed by atoms with Gasteiger partial charge in [0.15, 0.2) is 17.4 Å². The first-order chi connectivity index (χ1) is 22.4. The predicted octanol–water partition coefficient (Wildman–Crippen LogP) is 5.85. The van der Waals surface area contributed by atoms with E-state index in [0.717, 1.165) is 61.4 Å². The number of hydrogen-bond acceptors (Lipinski definition) is 9. The Bertz CT molecular complexity index is 1740. The second-order valence-corrected chi connectivity index (χ2v) is 12.6. The number of ether oxygens (including phenoxy) is 2. The Morgan fingerprint density at radius 2 is 1.89 bits per heavy atom. The Balaban J connectivity index is 1.11. The Kier molecular flexibility index (Phi) is 10.0. The fraction of sp³-hybridized carbons (Fsp3) is 0.429. The zero-order chi connectivity index (χ0) is 32.0. The van der Waals surface area contributed by atoms with E-state index in [-0.39, 0.29) is 23.7 Å². The SMILES string of the molecule is CCC(=O)COc1cc2cc(Nc3nc(N4CCCC(COc5ccc(C6CCNCC6)cc5)C4)ncc3Cl)ccc2n(C)c1=O. The highest BCUT2D eigenvalue weighted by Gasteiger charge is 2.24. The van der Waals surface area contributed by atoms with Crippen LogP contribution in [-0.2, 0) is 11.8 Å². The number of Topliss-reactive ketones (excluding diaryl/α,β-unsaturated/α-hetero) is 1. The number of carbonyl (C=O) groups excluding carboxylic acids is 1. The summed E-state index contributed by atoms with van der Waals surface area (Å²) in [6.07, 6.45) is 6.45. The number of carbonyl (C=O) groups is 1. The molecule has 2 fully saturated rings. The van der Waals surface area contributed by atoms with E-state index in [2.05, 4.69) is 44.8 Å². The number of aryl methyl sites for hydroxylation is 1. The molecule has 4 heterocycles. The molecule has 11 heteroatoms. The lowest BCUT2D eigenvalue weighted by molar-refractivity contribution is -0.120. The molecule has 2 N–H and O–H groups in total. The minimum atomic E-state index is -0.295. The summed E-state index contributed by atoms with van der Waals surface area (Å²) in [7, 11) is 1.68. The van der Waals surface area contributed by atoms with Crippen molar-refractivity contribution >= 4 is 45.7 Å². The van der Waals surface area contributed by atoms with Gasteiger partial charge in [0.2, 0.25) is 5.95 Å². The lowest BCUT2D eigenvalue weighted by Gasteiger charge is -2.32. The first-order valence-electron chi connectivity index (χ1n) is 16.1. The number of rotatable bonds is 11. The maximum absolute atomic E-state index is 12.8. The zero-order valence-corrected chi connectivity index (χ0v) is 27.2. The summed E-state index contributed by atoms with van der Waals surface area (Å²) in [6.45, 7) is 6.09. The maximum Gasteiger partial charge on any atom is 0.293 e. The third kappa shape index (κ3) is 7.45. The molecule has 0 amide bonds. The van der Waals surface area contributed by atoms with Crippen LogP contribution in [0.15, 0.2) is 59.5 Å². The normalized spacial score (nSPS) is 17.2. The molecule has 2 saturated heterocycles. The fourth-order valence-electron chi connectivity index (χ4n) is 6.22. The molecule has 0 bridgehead atoms. The number of halogens is 1. The number of aromatic nitrogens is 3. The van der Waals surface area contributed by atoms with Gasteiger partial charge in [0.05, 0.1) is 18.3 Å². The molecule has 46 heavy (non-hydrogen) atoms. The van der Waals surface area contributed by atoms with Crippen LogP contribution in [0.3, 0.4) is 0 Å². The van der Waals surface area contributed by atoms with Gasteiger partial charge in [-0.2, -0.15) is 4.98 Å². The molecule has 0 aliphatic carbocycles. The molecule has 1 unspecified atom stereocenters. The lowest BCUT2D eigenvalue weighted by Crippen LogP contribution is -2.38. The molecule has 2 aromatic heterocycles. The van der Waals surface area contributed by atoms with Crippen molar-refractivity contribution in [3.8, 4) is 11.5 Å². The van der Waals surface area contributed by atoms with E-state index < -0.39 is 0 Å². The highest BCUT2D eigenvalue weighted by atomic mass is 35.5. The van der Waals surface area contributed by atoms with Gasteiger partial charge in [0.25, 0.3) is 5.56 Å². The van der Waals surface area contributed by atoms with E-state index in [1.807, 2.05) is 18.2 Å². The molecular weight excluding hydrogens is 604 g/mol. The third-order valence-corrected chi connectivity index (χ3v) is 9.22. The first-order valence-corrected chi connectivity index (χ1v) is 16.5. The van der Waals surface area contributed by atoms with Crippen molar-refractivity contribution in [3.63, 3.8) is 0 Å². The van der Waals surface area contributed by atoms with E-state index >= 15 is 0 Å². The van der Waals surface area contributed by atoms with Crippen LogP contribution in [0.4, 0.5) is 17.5 Å². The Morgan fingerprint density at radius 3 is 2.67 bits per heavy atom. The molecule has 0 spiro atoms. The van der Waals surface area contributed by atoms with Crippen LogP contribution in [0.5, 0.6) is 11.5 Å². The molecular formula is C35H41ClN6O4. The van der Waals surface area contributed by atoms with E-state index in [1.165, 1.54) is 23.0 Å². The highest BCUT2D eigenvalue weighted by molar-refractivity contribution is 6.32. The Labute approximate surface area is 274 Å². The van der Waals surface area contributed by atoms with Crippen molar-refractivity contribution in [2.24, 2.45) is 13.0 Å². The van der Waals surface area contributed by atoms with Crippen molar-refractivity contribution < 1.29 is 14.3 Å². The van der Waals surface area contributed by atoms with Gasteiger partial charge < -0.3 is 29.6 Å². The zero-order valence-electron chi connectivity index (χ0n) is 26.4. The summed E-state index contributed by atoms with van der Waals surface area (Å²) in [5.74, 6) is 3.06. The summed E-state index contributed by atoms with van der Waals surface area (Å²) in [4.78, 5) is 36.1. The van der Waals surface area contributed by atoms with E-state index in [0.29, 0.717) is 41.7 Å². The standard InChI is InChI=1S/C35H41ClN6O4/c1-3-28(43)22-46-32-18-26-17-27(8-11-31(26)41(2)34(32)44)39-33-30(36)19-38-35(40-33)42-16-4-5-23(20-42)21-45-29-9-6-24(7-10-29)25-12-14-37-15-13-25/h6-11,17-19,23,25,37H,3-5,12-16,20-22H2,1-2H3,(H,38,39,40). The maximum atomic E-state index is 12.8. The van der Waals surface area contributed by atoms with Crippen molar-refractivity contribution in [1.29, 1.82) is 0 Å². The average molecular weight is 645 g/mol. The Hall–Kier alpha value is -4.15. The lowest BCUT2D eigenvalue weighted by atomic mass is 9.90. The van der Waals surface area contributed by atoms with E-state index in [4.69, 9.17) is 26.1 Å². The molecule has 6 rings (SSSR count). The van der Waals surface area contributed by atoms with Gasteiger partial charge in [-0.3, -0.25) is 9.59 Å². The van der Waals surface area contributed by atoms with E-state index in [1.54, 1.807) is 26.2 Å². The molecule has 0 radical (unpaired) electrons. The Morgan fingerprint density at radius 1 is 1.09 bits per heavy atom. The van der Waals surface area contributed by atoms with E-state index in [9.17, 15) is 9.59 Å². The monoisotopic (exact) mass is 644 g/mol. The van der Waals surface area contributed by atoms with Gasteiger partial charge in [-0.1, -0.05) is 30.7 Å². The molecule has 2 aliphatic heterocycles. The second-order valence-electron chi connectivity index (χ2n) is 12.2. The number of anilines is 3. The molecule has 4 aromatic rings. The quantitative estimate of drug-likeness (QED) is 0.208. The summed E-state index contributed by atoms with van der Waals surface area (Å²) < 4.78 is 13.3. The minimum Gasteiger partial charge on any atom is -0.493 e. The number of ketones is 1. The summed E-state index contributed by atoms with van der Waals surface area (Å²) in [5, 5.41) is 7.93.